The summed E-state index contributed by atoms with van der Waals surface area (Å²) in [5, 5.41) is 18.4. The molecule has 3 aromatic heterocycles. The number of anilines is 2. The van der Waals surface area contributed by atoms with Crippen LogP contribution in [-0.2, 0) is 9.47 Å². The van der Waals surface area contributed by atoms with Gasteiger partial charge in [0.05, 0.1) is 37.6 Å². The maximum atomic E-state index is 10.1. The van der Waals surface area contributed by atoms with E-state index in [2.05, 4.69) is 49.7 Å². The van der Waals surface area contributed by atoms with Crippen molar-refractivity contribution in [2.75, 3.05) is 69.9 Å². The molecule has 0 bridgehead atoms. The second-order valence-corrected chi connectivity index (χ2v) is 11.5. The molecule has 0 radical (unpaired) electrons. The number of methoxy groups -OCH3 is 1. The molecule has 1 atom stereocenters. The summed E-state index contributed by atoms with van der Waals surface area (Å²) in [4.78, 5) is 14.4. The number of piperazine rings is 1. The summed E-state index contributed by atoms with van der Waals surface area (Å²) in [5.41, 5.74) is 4.43. The molecule has 210 valence electrons. The topological polar surface area (TPSA) is 100 Å². The van der Waals surface area contributed by atoms with Gasteiger partial charge in [0.25, 0.3) is 0 Å². The van der Waals surface area contributed by atoms with Crippen LogP contribution in [0.25, 0.3) is 16.6 Å². The highest BCUT2D eigenvalue weighted by Gasteiger charge is 2.27. The van der Waals surface area contributed by atoms with Crippen LogP contribution in [0.5, 0.6) is 0 Å². The number of ether oxygens (including phenoxy) is 2. The van der Waals surface area contributed by atoms with Gasteiger partial charge in [0.15, 0.2) is 0 Å². The van der Waals surface area contributed by atoms with E-state index in [-0.39, 0.29) is 12.1 Å². The minimum atomic E-state index is -0.195. The standard InChI is InChI=1S/C29H41N7O3/c1-20(17-38-2)32-29-31-15-27-25(14-26(36(27)33-29)22-3-5-24(37)6-4-22)23-7-8-30-28(13-23)35-11-9-34(10-12-35)16-21-18-39-19-21/h7-8,13-15,20-22,24,37H,3-6,9-12,16-19H2,1-2H3,(H,32,33)/t20-,22-,24-/m0/s1. The molecule has 3 aliphatic rings. The summed E-state index contributed by atoms with van der Waals surface area (Å²) >= 11 is 0. The van der Waals surface area contributed by atoms with Crippen LogP contribution >= 0.6 is 0 Å². The molecule has 3 fully saturated rings. The predicted octanol–water partition coefficient (Wildman–Crippen LogP) is 3.03. The molecular formula is C29H41N7O3. The van der Waals surface area contributed by atoms with Crippen molar-refractivity contribution < 1.29 is 14.6 Å². The third-order valence-corrected chi connectivity index (χ3v) is 8.43. The molecule has 2 aliphatic heterocycles. The zero-order valence-corrected chi connectivity index (χ0v) is 23.1. The monoisotopic (exact) mass is 535 g/mol. The fourth-order valence-corrected chi connectivity index (χ4v) is 6.16. The van der Waals surface area contributed by atoms with Crippen LogP contribution in [-0.4, -0.2) is 101 Å². The van der Waals surface area contributed by atoms with E-state index in [1.807, 2.05) is 12.4 Å². The molecule has 1 saturated carbocycles. The van der Waals surface area contributed by atoms with Gasteiger partial charge < -0.3 is 24.8 Å². The van der Waals surface area contributed by atoms with Crippen LogP contribution < -0.4 is 10.2 Å². The third-order valence-electron chi connectivity index (χ3n) is 8.43. The van der Waals surface area contributed by atoms with Gasteiger partial charge in [-0.05, 0) is 56.4 Å². The minimum Gasteiger partial charge on any atom is -0.393 e. The summed E-state index contributed by atoms with van der Waals surface area (Å²) in [5.74, 6) is 2.66. The fourth-order valence-electron chi connectivity index (χ4n) is 6.16. The van der Waals surface area contributed by atoms with E-state index < -0.39 is 0 Å². The van der Waals surface area contributed by atoms with Gasteiger partial charge in [-0.25, -0.2) is 14.5 Å². The van der Waals surface area contributed by atoms with Crippen LogP contribution in [0.1, 0.15) is 44.2 Å². The molecule has 5 heterocycles. The number of hydrogen-bond donors (Lipinski definition) is 2. The molecule has 10 heteroatoms. The number of rotatable bonds is 9. The number of nitrogens with one attached hydrogen (secondary N) is 1. The molecule has 10 nitrogen and oxygen atoms in total. The molecule has 2 N–H and O–H groups in total. The number of pyridine rings is 1. The zero-order valence-electron chi connectivity index (χ0n) is 23.1. The van der Waals surface area contributed by atoms with Crippen molar-refractivity contribution in [3.8, 4) is 11.1 Å². The summed E-state index contributed by atoms with van der Waals surface area (Å²) in [6.07, 6.45) is 7.22. The Labute approximate surface area is 230 Å². The van der Waals surface area contributed by atoms with E-state index >= 15 is 0 Å². The average Bonchev–Trinajstić information content (AvgIpc) is 3.31. The fraction of sp³-hybridized carbons (Fsp3) is 0.621. The largest absolute Gasteiger partial charge is 0.393 e. The first-order valence-corrected chi connectivity index (χ1v) is 14.4. The Morgan fingerprint density at radius 3 is 2.62 bits per heavy atom. The molecule has 0 unspecified atom stereocenters. The summed E-state index contributed by atoms with van der Waals surface area (Å²) in [6, 6.07) is 6.69. The Morgan fingerprint density at radius 2 is 1.90 bits per heavy atom. The molecule has 0 aromatic carbocycles. The lowest BCUT2D eigenvalue weighted by atomic mass is 9.85. The van der Waals surface area contributed by atoms with Crippen molar-refractivity contribution >= 4 is 17.3 Å². The Balaban J connectivity index is 1.27. The van der Waals surface area contributed by atoms with Crippen LogP contribution in [0.4, 0.5) is 11.8 Å². The van der Waals surface area contributed by atoms with Gasteiger partial charge in [0.2, 0.25) is 5.95 Å². The van der Waals surface area contributed by atoms with Gasteiger partial charge in [-0.3, -0.25) is 4.90 Å². The number of nitrogens with zero attached hydrogens (tertiary/aromatic N) is 6. The average molecular weight is 536 g/mol. The molecule has 2 saturated heterocycles. The van der Waals surface area contributed by atoms with Crippen molar-refractivity contribution in [3.63, 3.8) is 0 Å². The molecule has 39 heavy (non-hydrogen) atoms. The highest BCUT2D eigenvalue weighted by atomic mass is 16.5. The lowest BCUT2D eigenvalue weighted by Crippen LogP contribution is -2.50. The number of aliphatic hydroxyl groups excluding tert-OH is 1. The molecule has 1 aliphatic carbocycles. The highest BCUT2D eigenvalue weighted by molar-refractivity contribution is 5.82. The number of aliphatic hydroxyl groups is 1. The van der Waals surface area contributed by atoms with E-state index in [0.717, 1.165) is 94.1 Å². The second-order valence-electron chi connectivity index (χ2n) is 11.5. The van der Waals surface area contributed by atoms with Crippen molar-refractivity contribution in [3.05, 3.63) is 36.3 Å². The van der Waals surface area contributed by atoms with E-state index in [0.29, 0.717) is 24.4 Å². The van der Waals surface area contributed by atoms with E-state index in [1.54, 1.807) is 7.11 Å². The highest BCUT2D eigenvalue weighted by Crippen LogP contribution is 2.38. The van der Waals surface area contributed by atoms with Crippen LogP contribution in [0.3, 0.4) is 0 Å². The predicted molar refractivity (Wildman–Crippen MR) is 151 cm³/mol. The Bertz CT molecular complexity index is 1250. The van der Waals surface area contributed by atoms with E-state index in [1.165, 1.54) is 5.69 Å². The maximum absolute atomic E-state index is 10.1. The van der Waals surface area contributed by atoms with E-state index in [9.17, 15) is 5.11 Å². The van der Waals surface area contributed by atoms with Gasteiger partial charge in [-0.2, -0.15) is 0 Å². The van der Waals surface area contributed by atoms with Crippen molar-refractivity contribution in [2.45, 2.75) is 50.7 Å². The second kappa shape index (κ2) is 11.8. The first-order chi connectivity index (χ1) is 19.1. The summed E-state index contributed by atoms with van der Waals surface area (Å²) in [6.45, 7) is 9.66. The quantitative estimate of drug-likeness (QED) is 0.428. The van der Waals surface area contributed by atoms with Gasteiger partial charge in [-0.15, -0.1) is 5.10 Å². The normalized spacial score (nSPS) is 23.6. The Hall–Kier alpha value is -2.79. The Kier molecular flexibility index (Phi) is 7.97. The van der Waals surface area contributed by atoms with Crippen LogP contribution in [0.15, 0.2) is 30.6 Å². The van der Waals surface area contributed by atoms with E-state index in [4.69, 9.17) is 19.6 Å². The van der Waals surface area contributed by atoms with Crippen molar-refractivity contribution in [1.29, 1.82) is 0 Å². The maximum Gasteiger partial charge on any atom is 0.241 e. The summed E-state index contributed by atoms with van der Waals surface area (Å²) < 4.78 is 12.7. The third kappa shape index (κ3) is 5.89. The lowest BCUT2D eigenvalue weighted by Gasteiger charge is -2.38. The molecule has 0 amide bonds. The Morgan fingerprint density at radius 1 is 1.10 bits per heavy atom. The molecular weight excluding hydrogens is 494 g/mol. The zero-order chi connectivity index (χ0) is 26.8. The van der Waals surface area contributed by atoms with Crippen molar-refractivity contribution in [2.24, 2.45) is 5.92 Å². The SMILES string of the molecule is COC[C@H](C)Nc1ncc2c(-c3ccnc(N4CCN(CC5COC5)CC4)c3)cc([C@H]3CC[C@H](O)CC3)n2n1. The van der Waals surface area contributed by atoms with Gasteiger partial charge in [-0.1, -0.05) is 0 Å². The van der Waals surface area contributed by atoms with Gasteiger partial charge >= 0.3 is 0 Å². The molecule has 6 rings (SSSR count). The van der Waals surface area contributed by atoms with Crippen LogP contribution in [0.2, 0.25) is 0 Å². The van der Waals surface area contributed by atoms with Gasteiger partial charge in [0.1, 0.15) is 5.82 Å². The first kappa shape index (κ1) is 26.4. The minimum absolute atomic E-state index is 0.0982. The number of fused-ring (bicyclic) bond motifs is 1. The molecule has 0 spiro atoms. The summed E-state index contributed by atoms with van der Waals surface area (Å²) in [7, 11) is 1.70. The number of aromatic nitrogens is 4. The lowest BCUT2D eigenvalue weighted by molar-refractivity contribution is -0.0469. The smallest absolute Gasteiger partial charge is 0.241 e. The molecule has 3 aromatic rings. The van der Waals surface area contributed by atoms with Gasteiger partial charge in [0, 0.05) is 75.2 Å². The van der Waals surface area contributed by atoms with Crippen molar-refractivity contribution in [1.82, 2.24) is 24.5 Å². The van der Waals surface area contributed by atoms with Crippen LogP contribution in [0, 0.1) is 5.92 Å². The number of hydrogen-bond acceptors (Lipinski definition) is 9. The first-order valence-electron chi connectivity index (χ1n) is 14.4.